The summed E-state index contributed by atoms with van der Waals surface area (Å²) in [5.41, 5.74) is 0. The Labute approximate surface area is 136 Å². The molecule has 0 aromatic carbocycles. The fourth-order valence-electron chi connectivity index (χ4n) is 2.86. The number of nitrogens with zero attached hydrogens (tertiary/aromatic N) is 4. The zero-order valence-electron chi connectivity index (χ0n) is 13.2. The van der Waals surface area contributed by atoms with Crippen LogP contribution < -0.4 is 0 Å². The molecule has 1 aromatic heterocycles. The standard InChI is InChI=1S/C14H22N4O4S/c1-15-4-8-17(9-5-15)23(20,21)18-10-6-16(7-11-18)14(19)13-3-2-12-22-13/h2-3,12H,4-11H2,1H3. The Bertz CT molecular complexity index is 630. The first-order valence-corrected chi connectivity index (χ1v) is 9.15. The van der Waals surface area contributed by atoms with E-state index in [1.165, 1.54) is 14.9 Å². The molecule has 0 N–H and O–H groups in total. The zero-order valence-corrected chi connectivity index (χ0v) is 14.0. The number of likely N-dealkylation sites (N-methyl/N-ethyl adjacent to an activating group) is 1. The average Bonchev–Trinajstić information content (AvgIpc) is 3.09. The van der Waals surface area contributed by atoms with Gasteiger partial charge in [0.05, 0.1) is 6.26 Å². The lowest BCUT2D eigenvalue weighted by Crippen LogP contribution is -2.57. The van der Waals surface area contributed by atoms with Crippen LogP contribution in [-0.4, -0.2) is 92.1 Å². The van der Waals surface area contributed by atoms with Crippen LogP contribution >= 0.6 is 0 Å². The van der Waals surface area contributed by atoms with Crippen LogP contribution in [0.3, 0.4) is 0 Å². The Morgan fingerprint density at radius 2 is 1.57 bits per heavy atom. The van der Waals surface area contributed by atoms with E-state index in [1.807, 2.05) is 7.05 Å². The second-order valence-electron chi connectivity index (χ2n) is 5.88. The van der Waals surface area contributed by atoms with Crippen LogP contribution in [0.4, 0.5) is 0 Å². The summed E-state index contributed by atoms with van der Waals surface area (Å²) in [4.78, 5) is 16.0. The van der Waals surface area contributed by atoms with Gasteiger partial charge in [-0.25, -0.2) is 0 Å². The first kappa shape index (κ1) is 16.4. The molecule has 3 heterocycles. The lowest BCUT2D eigenvalue weighted by atomic mass is 10.3. The van der Waals surface area contributed by atoms with Crippen molar-refractivity contribution < 1.29 is 17.6 Å². The van der Waals surface area contributed by atoms with Crippen molar-refractivity contribution in [1.29, 1.82) is 0 Å². The van der Waals surface area contributed by atoms with Gasteiger partial charge in [0.15, 0.2) is 5.76 Å². The van der Waals surface area contributed by atoms with Crippen molar-refractivity contribution in [3.8, 4) is 0 Å². The van der Waals surface area contributed by atoms with Crippen LogP contribution in [0, 0.1) is 0 Å². The van der Waals surface area contributed by atoms with E-state index < -0.39 is 10.2 Å². The maximum Gasteiger partial charge on any atom is 0.289 e. The minimum absolute atomic E-state index is 0.188. The number of amides is 1. The van der Waals surface area contributed by atoms with Crippen LogP contribution in [0.25, 0.3) is 0 Å². The van der Waals surface area contributed by atoms with E-state index in [9.17, 15) is 13.2 Å². The molecule has 0 radical (unpaired) electrons. The molecule has 0 bridgehead atoms. The molecule has 128 valence electrons. The molecule has 0 saturated carbocycles. The van der Waals surface area contributed by atoms with Gasteiger partial charge in [-0.05, 0) is 19.2 Å². The van der Waals surface area contributed by atoms with Gasteiger partial charge in [-0.15, -0.1) is 0 Å². The Balaban J connectivity index is 1.59. The molecule has 2 saturated heterocycles. The molecule has 0 spiro atoms. The summed E-state index contributed by atoms with van der Waals surface area (Å²) in [5.74, 6) is 0.104. The maximum absolute atomic E-state index is 12.7. The van der Waals surface area contributed by atoms with E-state index in [2.05, 4.69) is 4.90 Å². The van der Waals surface area contributed by atoms with Gasteiger partial charge in [-0.2, -0.15) is 17.0 Å². The Kier molecular flexibility index (Phi) is 4.72. The number of hydrogen-bond donors (Lipinski definition) is 0. The normalized spacial score (nSPS) is 22.4. The lowest BCUT2D eigenvalue weighted by molar-refractivity contribution is 0.0660. The molecule has 0 atom stereocenters. The van der Waals surface area contributed by atoms with Crippen molar-refractivity contribution in [3.05, 3.63) is 24.2 Å². The molecule has 1 aromatic rings. The molecule has 0 unspecified atom stereocenters. The van der Waals surface area contributed by atoms with Gasteiger partial charge < -0.3 is 14.2 Å². The Morgan fingerprint density at radius 3 is 2.09 bits per heavy atom. The molecule has 8 nitrogen and oxygen atoms in total. The predicted octanol–water partition coefficient (Wildman–Crippen LogP) is -0.470. The minimum atomic E-state index is -3.43. The van der Waals surface area contributed by atoms with Crippen LogP contribution in [0.1, 0.15) is 10.6 Å². The van der Waals surface area contributed by atoms with E-state index in [0.717, 1.165) is 13.1 Å². The second kappa shape index (κ2) is 6.60. The van der Waals surface area contributed by atoms with Gasteiger partial charge in [0.2, 0.25) is 0 Å². The SMILES string of the molecule is CN1CCN(S(=O)(=O)N2CCN(C(=O)c3ccco3)CC2)CC1. The van der Waals surface area contributed by atoms with Gasteiger partial charge >= 0.3 is 0 Å². The van der Waals surface area contributed by atoms with E-state index in [-0.39, 0.29) is 5.91 Å². The summed E-state index contributed by atoms with van der Waals surface area (Å²) in [6.07, 6.45) is 1.46. The van der Waals surface area contributed by atoms with Gasteiger partial charge in [-0.3, -0.25) is 4.79 Å². The van der Waals surface area contributed by atoms with E-state index in [0.29, 0.717) is 45.0 Å². The fraction of sp³-hybridized carbons (Fsp3) is 0.643. The summed E-state index contributed by atoms with van der Waals surface area (Å²) >= 11 is 0. The van der Waals surface area contributed by atoms with Crippen molar-refractivity contribution in [2.75, 3.05) is 59.4 Å². The molecule has 23 heavy (non-hydrogen) atoms. The van der Waals surface area contributed by atoms with Crippen LogP contribution in [0.5, 0.6) is 0 Å². The molecule has 2 fully saturated rings. The number of carbonyl (C=O) groups is 1. The molecule has 1 amide bonds. The third-order valence-corrected chi connectivity index (χ3v) is 6.41. The summed E-state index contributed by atoms with van der Waals surface area (Å²) < 4.78 is 33.5. The molecule has 2 aliphatic heterocycles. The highest BCUT2D eigenvalue weighted by Crippen LogP contribution is 2.16. The summed E-state index contributed by atoms with van der Waals surface area (Å²) in [5, 5.41) is 0. The Morgan fingerprint density at radius 1 is 1.00 bits per heavy atom. The molecular formula is C14H22N4O4S. The third-order valence-electron chi connectivity index (χ3n) is 4.37. The zero-order chi connectivity index (χ0) is 16.4. The molecular weight excluding hydrogens is 320 g/mol. The van der Waals surface area contributed by atoms with E-state index in [1.54, 1.807) is 17.0 Å². The van der Waals surface area contributed by atoms with Gasteiger partial charge in [-0.1, -0.05) is 0 Å². The van der Waals surface area contributed by atoms with Gasteiger partial charge in [0.1, 0.15) is 0 Å². The third kappa shape index (κ3) is 3.42. The summed E-state index contributed by atoms with van der Waals surface area (Å²) in [6, 6.07) is 3.29. The van der Waals surface area contributed by atoms with E-state index in [4.69, 9.17) is 4.42 Å². The Hall–Kier alpha value is -1.42. The van der Waals surface area contributed by atoms with Crippen molar-refractivity contribution in [3.63, 3.8) is 0 Å². The predicted molar refractivity (Wildman–Crippen MR) is 84.2 cm³/mol. The molecule has 9 heteroatoms. The largest absolute Gasteiger partial charge is 0.459 e. The highest BCUT2D eigenvalue weighted by Gasteiger charge is 2.35. The van der Waals surface area contributed by atoms with Crippen molar-refractivity contribution >= 4 is 16.1 Å². The number of carbonyl (C=O) groups excluding carboxylic acids is 1. The van der Waals surface area contributed by atoms with Gasteiger partial charge in [0.25, 0.3) is 16.1 Å². The molecule has 0 aliphatic carbocycles. The number of rotatable bonds is 3. The molecule has 3 rings (SSSR count). The highest BCUT2D eigenvalue weighted by molar-refractivity contribution is 7.86. The van der Waals surface area contributed by atoms with Crippen LogP contribution in [0.2, 0.25) is 0 Å². The number of hydrogen-bond acceptors (Lipinski definition) is 5. The summed E-state index contributed by atoms with van der Waals surface area (Å²) in [6.45, 7) is 3.93. The minimum Gasteiger partial charge on any atom is -0.459 e. The van der Waals surface area contributed by atoms with Crippen molar-refractivity contribution in [2.45, 2.75) is 0 Å². The first-order valence-electron chi connectivity index (χ1n) is 7.75. The average molecular weight is 342 g/mol. The van der Waals surface area contributed by atoms with Crippen molar-refractivity contribution in [1.82, 2.24) is 18.4 Å². The first-order chi connectivity index (χ1) is 11.0. The number of furan rings is 1. The molecule has 2 aliphatic rings. The fourth-order valence-corrected chi connectivity index (χ4v) is 4.44. The lowest BCUT2D eigenvalue weighted by Gasteiger charge is -2.38. The van der Waals surface area contributed by atoms with E-state index >= 15 is 0 Å². The van der Waals surface area contributed by atoms with Gasteiger partial charge in [0, 0.05) is 52.4 Å². The topological polar surface area (TPSA) is 77.3 Å². The number of piperazine rings is 2. The maximum atomic E-state index is 12.7. The second-order valence-corrected chi connectivity index (χ2v) is 7.81. The quantitative estimate of drug-likeness (QED) is 0.742. The smallest absolute Gasteiger partial charge is 0.289 e. The summed E-state index contributed by atoms with van der Waals surface area (Å²) in [7, 11) is -1.44. The van der Waals surface area contributed by atoms with Crippen molar-refractivity contribution in [2.24, 2.45) is 0 Å². The highest BCUT2D eigenvalue weighted by atomic mass is 32.2. The van der Waals surface area contributed by atoms with Crippen LogP contribution in [-0.2, 0) is 10.2 Å². The van der Waals surface area contributed by atoms with Crippen LogP contribution in [0.15, 0.2) is 22.8 Å². The monoisotopic (exact) mass is 342 g/mol.